The van der Waals surface area contributed by atoms with Crippen molar-refractivity contribution in [1.29, 1.82) is 0 Å². The van der Waals surface area contributed by atoms with Gasteiger partial charge in [0.1, 0.15) is 0 Å². The Kier molecular flexibility index (Phi) is 4.81. The molecule has 3 rings (SSSR count). The van der Waals surface area contributed by atoms with Crippen LogP contribution in [0.25, 0.3) is 0 Å². The molecule has 0 spiro atoms. The highest BCUT2D eigenvalue weighted by Crippen LogP contribution is 2.39. The van der Waals surface area contributed by atoms with Crippen LogP contribution in [0.1, 0.15) is 45.8 Å². The van der Waals surface area contributed by atoms with Crippen LogP contribution in [-0.4, -0.2) is 17.1 Å². The molecular weight excluding hydrogens is 331 g/mol. The minimum absolute atomic E-state index is 0.130. The van der Waals surface area contributed by atoms with Crippen LogP contribution in [-0.2, 0) is 12.7 Å². The zero-order chi connectivity index (χ0) is 18.0. The van der Waals surface area contributed by atoms with Crippen molar-refractivity contribution in [2.24, 2.45) is 0 Å². The van der Waals surface area contributed by atoms with Crippen molar-refractivity contribution in [3.63, 3.8) is 0 Å². The molecule has 1 fully saturated rings. The normalized spacial score (nSPS) is 20.1. The number of hydrogen-bond acceptors (Lipinski definition) is 2. The maximum Gasteiger partial charge on any atom is 0.416 e. The molecule has 2 aromatic rings. The summed E-state index contributed by atoms with van der Waals surface area (Å²) in [5.74, 6) is -0.833. The highest BCUT2D eigenvalue weighted by Gasteiger charge is 2.34. The molecule has 0 heterocycles. The lowest BCUT2D eigenvalue weighted by Crippen LogP contribution is -2.39. The summed E-state index contributed by atoms with van der Waals surface area (Å²) in [4.78, 5) is 11.0. The van der Waals surface area contributed by atoms with Crippen molar-refractivity contribution in [3.05, 3.63) is 70.8 Å². The van der Waals surface area contributed by atoms with E-state index >= 15 is 0 Å². The number of nitrogens with one attached hydrogen (secondary N) is 1. The second kappa shape index (κ2) is 6.88. The molecule has 3 nitrogen and oxygen atoms in total. The fourth-order valence-corrected chi connectivity index (χ4v) is 3.10. The summed E-state index contributed by atoms with van der Waals surface area (Å²) >= 11 is 0. The summed E-state index contributed by atoms with van der Waals surface area (Å²) in [5, 5.41) is 12.3. The SMILES string of the molecule is O=C(O)c1cccc(CNC2CC(c3cccc(C(F)(F)F)c3)C2)c1. The molecule has 0 radical (unpaired) electrons. The molecule has 1 aliphatic rings. The molecule has 25 heavy (non-hydrogen) atoms. The van der Waals surface area contributed by atoms with Gasteiger partial charge >= 0.3 is 12.1 Å². The summed E-state index contributed by atoms with van der Waals surface area (Å²) in [6, 6.07) is 12.5. The largest absolute Gasteiger partial charge is 0.478 e. The third-order valence-electron chi connectivity index (χ3n) is 4.59. The van der Waals surface area contributed by atoms with Gasteiger partial charge in [0.2, 0.25) is 0 Å². The first-order valence-electron chi connectivity index (χ1n) is 8.05. The predicted octanol–water partition coefficient (Wildman–Crippen LogP) is 4.44. The second-order valence-electron chi connectivity index (χ2n) is 6.37. The summed E-state index contributed by atoms with van der Waals surface area (Å²) in [5.41, 5.74) is 1.24. The number of halogens is 3. The van der Waals surface area contributed by atoms with Crippen molar-refractivity contribution in [3.8, 4) is 0 Å². The Hall–Kier alpha value is -2.34. The predicted molar refractivity (Wildman–Crippen MR) is 87.4 cm³/mol. The quantitative estimate of drug-likeness (QED) is 0.839. The van der Waals surface area contributed by atoms with Gasteiger partial charge in [0.05, 0.1) is 11.1 Å². The van der Waals surface area contributed by atoms with Gasteiger partial charge in [0.25, 0.3) is 0 Å². The minimum atomic E-state index is -4.31. The fourth-order valence-electron chi connectivity index (χ4n) is 3.10. The third kappa shape index (κ3) is 4.20. The Morgan fingerprint density at radius 1 is 1.12 bits per heavy atom. The maximum absolute atomic E-state index is 12.8. The third-order valence-corrected chi connectivity index (χ3v) is 4.59. The van der Waals surface area contributed by atoms with E-state index in [-0.39, 0.29) is 17.5 Å². The fraction of sp³-hybridized carbons (Fsp3) is 0.316. The monoisotopic (exact) mass is 349 g/mol. The Morgan fingerprint density at radius 2 is 1.84 bits per heavy atom. The van der Waals surface area contributed by atoms with E-state index in [4.69, 9.17) is 5.11 Å². The van der Waals surface area contributed by atoms with E-state index in [1.807, 2.05) is 6.07 Å². The number of rotatable bonds is 5. The molecule has 132 valence electrons. The molecule has 2 aromatic carbocycles. The first-order chi connectivity index (χ1) is 11.8. The van der Waals surface area contributed by atoms with Crippen molar-refractivity contribution in [1.82, 2.24) is 5.32 Å². The van der Waals surface area contributed by atoms with Crippen molar-refractivity contribution >= 4 is 5.97 Å². The number of carboxylic acid groups (broad SMARTS) is 1. The van der Waals surface area contributed by atoms with E-state index in [0.29, 0.717) is 6.54 Å². The van der Waals surface area contributed by atoms with Gasteiger partial charge in [-0.05, 0) is 48.1 Å². The summed E-state index contributed by atoms with van der Waals surface area (Å²) in [7, 11) is 0. The maximum atomic E-state index is 12.8. The van der Waals surface area contributed by atoms with Crippen molar-refractivity contribution in [2.45, 2.75) is 37.5 Å². The second-order valence-corrected chi connectivity index (χ2v) is 6.37. The van der Waals surface area contributed by atoms with Gasteiger partial charge in [-0.1, -0.05) is 30.3 Å². The number of carbonyl (C=O) groups is 1. The summed E-state index contributed by atoms with van der Waals surface area (Å²) < 4.78 is 38.3. The van der Waals surface area contributed by atoms with Crippen LogP contribution < -0.4 is 5.32 Å². The van der Waals surface area contributed by atoms with Crippen molar-refractivity contribution in [2.75, 3.05) is 0 Å². The number of benzene rings is 2. The van der Waals surface area contributed by atoms with Crippen LogP contribution in [0, 0.1) is 0 Å². The van der Waals surface area contributed by atoms with Crippen LogP contribution in [0.5, 0.6) is 0 Å². The van der Waals surface area contributed by atoms with E-state index in [0.717, 1.165) is 30.0 Å². The van der Waals surface area contributed by atoms with Crippen LogP contribution in [0.2, 0.25) is 0 Å². The van der Waals surface area contributed by atoms with Gasteiger partial charge in [-0.2, -0.15) is 13.2 Å². The molecule has 0 unspecified atom stereocenters. The van der Waals surface area contributed by atoms with Gasteiger partial charge in [-0.15, -0.1) is 0 Å². The lowest BCUT2D eigenvalue weighted by Gasteiger charge is -2.36. The molecule has 0 aromatic heterocycles. The average molecular weight is 349 g/mol. The van der Waals surface area contributed by atoms with E-state index in [9.17, 15) is 18.0 Å². The lowest BCUT2D eigenvalue weighted by atomic mass is 9.75. The Morgan fingerprint density at radius 3 is 2.52 bits per heavy atom. The van der Waals surface area contributed by atoms with E-state index in [1.54, 1.807) is 24.3 Å². The zero-order valence-corrected chi connectivity index (χ0v) is 13.4. The molecule has 1 aliphatic carbocycles. The molecule has 0 bridgehead atoms. The lowest BCUT2D eigenvalue weighted by molar-refractivity contribution is -0.137. The van der Waals surface area contributed by atoms with Gasteiger partial charge in [0.15, 0.2) is 0 Å². The molecule has 6 heteroatoms. The first kappa shape index (κ1) is 17.5. The average Bonchev–Trinajstić information content (AvgIpc) is 2.53. The minimum Gasteiger partial charge on any atom is -0.478 e. The highest BCUT2D eigenvalue weighted by atomic mass is 19.4. The van der Waals surface area contributed by atoms with E-state index in [1.165, 1.54) is 12.1 Å². The zero-order valence-electron chi connectivity index (χ0n) is 13.4. The number of carboxylic acids is 1. The van der Waals surface area contributed by atoms with E-state index in [2.05, 4.69) is 5.32 Å². The first-order valence-corrected chi connectivity index (χ1v) is 8.05. The molecule has 0 atom stereocenters. The van der Waals surface area contributed by atoms with Crippen LogP contribution >= 0.6 is 0 Å². The van der Waals surface area contributed by atoms with Gasteiger partial charge in [0, 0.05) is 12.6 Å². The van der Waals surface area contributed by atoms with Gasteiger partial charge in [-0.25, -0.2) is 4.79 Å². The Balaban J connectivity index is 1.53. The topological polar surface area (TPSA) is 49.3 Å². The van der Waals surface area contributed by atoms with Gasteiger partial charge < -0.3 is 10.4 Å². The molecule has 2 N–H and O–H groups in total. The van der Waals surface area contributed by atoms with Crippen LogP contribution in [0.4, 0.5) is 13.2 Å². The summed E-state index contributed by atoms with van der Waals surface area (Å²) in [6.45, 7) is 0.543. The van der Waals surface area contributed by atoms with Crippen molar-refractivity contribution < 1.29 is 23.1 Å². The molecular formula is C19H18F3NO2. The molecule has 1 saturated carbocycles. The highest BCUT2D eigenvalue weighted by molar-refractivity contribution is 5.87. The number of hydrogen-bond donors (Lipinski definition) is 2. The molecule has 0 aliphatic heterocycles. The Labute approximate surface area is 143 Å². The smallest absolute Gasteiger partial charge is 0.416 e. The molecule has 0 saturated heterocycles. The number of aromatic carboxylic acids is 1. The van der Waals surface area contributed by atoms with Gasteiger partial charge in [-0.3, -0.25) is 0 Å². The van der Waals surface area contributed by atoms with Crippen LogP contribution in [0.3, 0.4) is 0 Å². The molecule has 0 amide bonds. The van der Waals surface area contributed by atoms with E-state index < -0.39 is 17.7 Å². The standard InChI is InChI=1S/C19H18F3NO2/c20-19(21,22)16-6-2-4-13(8-16)15-9-17(10-15)23-11-12-3-1-5-14(7-12)18(24)25/h1-8,15,17,23H,9-11H2,(H,24,25). The number of alkyl halides is 3. The Bertz CT molecular complexity index is 767. The van der Waals surface area contributed by atoms with Crippen LogP contribution in [0.15, 0.2) is 48.5 Å². The summed E-state index contributed by atoms with van der Waals surface area (Å²) in [6.07, 6.45) is -2.76.